The van der Waals surface area contributed by atoms with E-state index >= 15 is 0 Å². The van der Waals surface area contributed by atoms with E-state index in [9.17, 15) is 4.79 Å². The summed E-state index contributed by atoms with van der Waals surface area (Å²) in [6.07, 6.45) is 0.245. The summed E-state index contributed by atoms with van der Waals surface area (Å²) in [5.74, 6) is 0.447. The van der Waals surface area contributed by atoms with Crippen LogP contribution in [0.5, 0.6) is 0 Å². The molecule has 0 aliphatic carbocycles. The molecule has 0 atom stereocenters. The maximum absolute atomic E-state index is 11.1. The van der Waals surface area contributed by atoms with E-state index in [1.165, 1.54) is 0 Å². The summed E-state index contributed by atoms with van der Waals surface area (Å²) in [7, 11) is 0. The molecule has 72 valence electrons. The van der Waals surface area contributed by atoms with Crippen LogP contribution in [0.3, 0.4) is 0 Å². The Kier molecular flexibility index (Phi) is 3.06. The van der Waals surface area contributed by atoms with Crippen molar-refractivity contribution >= 4 is 5.97 Å². The van der Waals surface area contributed by atoms with Crippen LogP contribution in [0.2, 0.25) is 0 Å². The predicted octanol–water partition coefficient (Wildman–Crippen LogP) is 1.40. The van der Waals surface area contributed by atoms with Crippen LogP contribution in [0.4, 0.5) is 0 Å². The lowest BCUT2D eigenvalue weighted by atomic mass is 10.1. The van der Waals surface area contributed by atoms with E-state index in [1.807, 2.05) is 6.92 Å². The molecular formula is C9H13NO3. The second kappa shape index (κ2) is 4.07. The second-order valence-electron chi connectivity index (χ2n) is 2.78. The number of aromatic nitrogens is 1. The third-order valence-corrected chi connectivity index (χ3v) is 1.81. The van der Waals surface area contributed by atoms with Crippen molar-refractivity contribution in [3.63, 3.8) is 0 Å². The van der Waals surface area contributed by atoms with E-state index in [2.05, 4.69) is 5.16 Å². The Morgan fingerprint density at radius 2 is 2.23 bits per heavy atom. The van der Waals surface area contributed by atoms with E-state index in [0.29, 0.717) is 12.4 Å². The minimum Gasteiger partial charge on any atom is -0.466 e. The van der Waals surface area contributed by atoms with Crippen molar-refractivity contribution in [3.8, 4) is 0 Å². The number of nitrogens with zero attached hydrogens (tertiary/aromatic N) is 1. The van der Waals surface area contributed by atoms with Gasteiger partial charge in [-0.15, -0.1) is 0 Å². The van der Waals surface area contributed by atoms with Gasteiger partial charge in [-0.1, -0.05) is 5.16 Å². The van der Waals surface area contributed by atoms with Crippen molar-refractivity contribution in [2.75, 3.05) is 6.61 Å². The molecule has 0 bridgehead atoms. The normalized spacial score (nSPS) is 10.1. The highest BCUT2D eigenvalue weighted by molar-refractivity contribution is 5.73. The van der Waals surface area contributed by atoms with Gasteiger partial charge in [-0.2, -0.15) is 0 Å². The quantitative estimate of drug-likeness (QED) is 0.664. The van der Waals surface area contributed by atoms with Gasteiger partial charge in [0.15, 0.2) is 0 Å². The van der Waals surface area contributed by atoms with Gasteiger partial charge in [0.2, 0.25) is 0 Å². The fourth-order valence-electron chi connectivity index (χ4n) is 1.11. The molecule has 0 N–H and O–H groups in total. The Morgan fingerprint density at radius 1 is 1.54 bits per heavy atom. The summed E-state index contributed by atoms with van der Waals surface area (Å²) < 4.78 is 9.73. The van der Waals surface area contributed by atoms with Crippen LogP contribution >= 0.6 is 0 Å². The SMILES string of the molecule is CCOC(=O)Cc1c(C)noc1C. The van der Waals surface area contributed by atoms with Crippen LogP contribution in [-0.4, -0.2) is 17.7 Å². The van der Waals surface area contributed by atoms with Gasteiger partial charge in [0.1, 0.15) is 5.76 Å². The molecule has 0 unspecified atom stereocenters. The molecule has 1 heterocycles. The summed E-state index contributed by atoms with van der Waals surface area (Å²) in [6, 6.07) is 0. The predicted molar refractivity (Wildman–Crippen MR) is 46.3 cm³/mol. The fraction of sp³-hybridized carbons (Fsp3) is 0.556. The van der Waals surface area contributed by atoms with Crippen LogP contribution in [-0.2, 0) is 16.0 Å². The van der Waals surface area contributed by atoms with Crippen LogP contribution in [0.25, 0.3) is 0 Å². The van der Waals surface area contributed by atoms with Crippen molar-refractivity contribution in [1.29, 1.82) is 0 Å². The first-order valence-corrected chi connectivity index (χ1v) is 4.22. The van der Waals surface area contributed by atoms with Crippen LogP contribution in [0.1, 0.15) is 23.9 Å². The first-order valence-electron chi connectivity index (χ1n) is 4.22. The number of carbonyl (C=O) groups is 1. The highest BCUT2D eigenvalue weighted by Gasteiger charge is 2.13. The van der Waals surface area contributed by atoms with Gasteiger partial charge in [0, 0.05) is 5.56 Å². The summed E-state index contributed by atoms with van der Waals surface area (Å²) in [5, 5.41) is 3.75. The lowest BCUT2D eigenvalue weighted by molar-refractivity contribution is -0.142. The number of aryl methyl sites for hydroxylation is 2. The number of carbonyl (C=O) groups excluding carboxylic acids is 1. The molecule has 0 radical (unpaired) electrons. The molecule has 1 aromatic rings. The Balaban J connectivity index is 2.68. The topological polar surface area (TPSA) is 52.3 Å². The molecular weight excluding hydrogens is 170 g/mol. The van der Waals surface area contributed by atoms with Gasteiger partial charge in [0.05, 0.1) is 18.7 Å². The lowest BCUT2D eigenvalue weighted by Crippen LogP contribution is -2.08. The number of hydrogen-bond donors (Lipinski definition) is 0. The van der Waals surface area contributed by atoms with Gasteiger partial charge >= 0.3 is 5.97 Å². The van der Waals surface area contributed by atoms with Crippen LogP contribution < -0.4 is 0 Å². The summed E-state index contributed by atoms with van der Waals surface area (Å²) in [6.45, 7) is 5.78. The summed E-state index contributed by atoms with van der Waals surface area (Å²) >= 11 is 0. The first-order chi connectivity index (χ1) is 6.15. The van der Waals surface area contributed by atoms with Crippen LogP contribution in [0, 0.1) is 13.8 Å². The van der Waals surface area contributed by atoms with Gasteiger partial charge in [-0.05, 0) is 20.8 Å². The smallest absolute Gasteiger partial charge is 0.310 e. The molecule has 0 saturated carbocycles. The second-order valence-corrected chi connectivity index (χ2v) is 2.78. The first kappa shape index (κ1) is 9.77. The van der Waals surface area contributed by atoms with Crippen molar-refractivity contribution in [2.24, 2.45) is 0 Å². The average Bonchev–Trinajstić information content (AvgIpc) is 2.36. The Hall–Kier alpha value is -1.32. The lowest BCUT2D eigenvalue weighted by Gasteiger charge is -2.00. The monoisotopic (exact) mass is 183 g/mol. The van der Waals surface area contributed by atoms with Crippen LogP contribution in [0.15, 0.2) is 4.52 Å². The largest absolute Gasteiger partial charge is 0.466 e. The van der Waals surface area contributed by atoms with Gasteiger partial charge in [-0.25, -0.2) is 0 Å². The highest BCUT2D eigenvalue weighted by Crippen LogP contribution is 2.13. The summed E-state index contributed by atoms with van der Waals surface area (Å²) in [4.78, 5) is 11.1. The van der Waals surface area contributed by atoms with E-state index < -0.39 is 0 Å². The zero-order chi connectivity index (χ0) is 9.84. The van der Waals surface area contributed by atoms with Gasteiger partial charge < -0.3 is 9.26 Å². The average molecular weight is 183 g/mol. The number of ether oxygens (including phenoxy) is 1. The minimum atomic E-state index is -0.239. The number of hydrogen-bond acceptors (Lipinski definition) is 4. The van der Waals surface area contributed by atoms with E-state index in [4.69, 9.17) is 9.26 Å². The van der Waals surface area contributed by atoms with Gasteiger partial charge in [-0.3, -0.25) is 4.79 Å². The number of esters is 1. The van der Waals surface area contributed by atoms with E-state index in [1.54, 1.807) is 13.8 Å². The Bertz CT molecular complexity index is 284. The molecule has 0 amide bonds. The Labute approximate surface area is 76.9 Å². The molecule has 0 spiro atoms. The van der Waals surface area contributed by atoms with Crippen molar-refractivity contribution in [2.45, 2.75) is 27.2 Å². The van der Waals surface area contributed by atoms with Gasteiger partial charge in [0.25, 0.3) is 0 Å². The standard InChI is InChI=1S/C9H13NO3/c1-4-12-9(11)5-8-6(2)10-13-7(8)3/h4-5H2,1-3H3. The third kappa shape index (κ3) is 2.31. The molecule has 1 rings (SSSR count). The van der Waals surface area contributed by atoms with Crippen molar-refractivity contribution in [1.82, 2.24) is 5.16 Å². The van der Waals surface area contributed by atoms with E-state index in [-0.39, 0.29) is 12.4 Å². The third-order valence-electron chi connectivity index (χ3n) is 1.81. The Morgan fingerprint density at radius 3 is 2.69 bits per heavy atom. The zero-order valence-electron chi connectivity index (χ0n) is 8.09. The molecule has 0 aromatic carbocycles. The summed E-state index contributed by atoms with van der Waals surface area (Å²) in [5.41, 5.74) is 1.59. The van der Waals surface area contributed by atoms with Crippen molar-refractivity contribution < 1.29 is 14.1 Å². The maximum Gasteiger partial charge on any atom is 0.310 e. The number of rotatable bonds is 3. The highest BCUT2D eigenvalue weighted by atomic mass is 16.5. The molecule has 0 saturated heterocycles. The van der Waals surface area contributed by atoms with E-state index in [0.717, 1.165) is 11.3 Å². The molecule has 4 nitrogen and oxygen atoms in total. The molecule has 0 fully saturated rings. The fourth-order valence-corrected chi connectivity index (χ4v) is 1.11. The maximum atomic E-state index is 11.1. The molecule has 13 heavy (non-hydrogen) atoms. The molecule has 0 aliphatic heterocycles. The molecule has 4 heteroatoms. The van der Waals surface area contributed by atoms with Crippen molar-refractivity contribution in [3.05, 3.63) is 17.0 Å². The molecule has 0 aliphatic rings. The zero-order valence-corrected chi connectivity index (χ0v) is 8.09. The minimum absolute atomic E-state index is 0.239. The molecule has 1 aromatic heterocycles.